The van der Waals surface area contributed by atoms with Crippen molar-refractivity contribution in [2.75, 3.05) is 19.8 Å². The lowest BCUT2D eigenvalue weighted by Gasteiger charge is -2.25. The van der Waals surface area contributed by atoms with Crippen LogP contribution in [0.2, 0.25) is 0 Å². The van der Waals surface area contributed by atoms with E-state index in [-0.39, 0.29) is 12.2 Å². The van der Waals surface area contributed by atoms with Crippen LogP contribution in [0, 0.1) is 0 Å². The van der Waals surface area contributed by atoms with Crippen molar-refractivity contribution in [3.05, 3.63) is 0 Å². The van der Waals surface area contributed by atoms with E-state index >= 15 is 0 Å². The van der Waals surface area contributed by atoms with Gasteiger partial charge in [0.25, 0.3) is 0 Å². The molecule has 3 atom stereocenters. The minimum Gasteiger partial charge on any atom is -0.379 e. The van der Waals surface area contributed by atoms with E-state index < -0.39 is 0 Å². The van der Waals surface area contributed by atoms with E-state index in [0.717, 1.165) is 19.6 Å². The Morgan fingerprint density at radius 3 is 2.33 bits per heavy atom. The number of ether oxygens (including phenoxy) is 2. The van der Waals surface area contributed by atoms with Gasteiger partial charge >= 0.3 is 0 Å². The quantitative estimate of drug-likeness (QED) is 0.642. The van der Waals surface area contributed by atoms with E-state index in [4.69, 9.17) is 9.47 Å². The van der Waals surface area contributed by atoms with Gasteiger partial charge in [-0.05, 0) is 40.7 Å². The molecule has 0 aliphatic heterocycles. The van der Waals surface area contributed by atoms with Gasteiger partial charge in [-0.2, -0.15) is 0 Å². The zero-order valence-corrected chi connectivity index (χ0v) is 10.9. The van der Waals surface area contributed by atoms with Gasteiger partial charge in [0.15, 0.2) is 0 Å². The first-order valence-electron chi connectivity index (χ1n) is 6.08. The fourth-order valence-electron chi connectivity index (χ4n) is 1.35. The second kappa shape index (κ2) is 9.13. The minimum absolute atomic E-state index is 0.172. The summed E-state index contributed by atoms with van der Waals surface area (Å²) in [6, 6.07) is 0.397. The van der Waals surface area contributed by atoms with Crippen molar-refractivity contribution in [1.82, 2.24) is 5.32 Å². The highest BCUT2D eigenvalue weighted by Gasteiger charge is 2.14. The van der Waals surface area contributed by atoms with Crippen molar-refractivity contribution >= 4 is 0 Å². The monoisotopic (exact) mass is 217 g/mol. The van der Waals surface area contributed by atoms with Crippen LogP contribution in [-0.4, -0.2) is 38.0 Å². The highest BCUT2D eigenvalue weighted by atomic mass is 16.5. The zero-order chi connectivity index (χ0) is 11.7. The molecule has 0 aromatic heterocycles. The first-order chi connectivity index (χ1) is 7.11. The molecule has 92 valence electrons. The third-order valence-electron chi connectivity index (χ3n) is 2.42. The van der Waals surface area contributed by atoms with Crippen LogP contribution in [0.1, 0.15) is 41.0 Å². The zero-order valence-electron chi connectivity index (χ0n) is 10.9. The number of nitrogens with one attached hydrogen (secondary N) is 1. The lowest BCUT2D eigenvalue weighted by molar-refractivity contribution is -0.0498. The number of hydrogen-bond acceptors (Lipinski definition) is 3. The van der Waals surface area contributed by atoms with E-state index in [1.54, 1.807) is 0 Å². The average Bonchev–Trinajstić information content (AvgIpc) is 2.22. The van der Waals surface area contributed by atoms with Crippen LogP contribution < -0.4 is 5.32 Å². The summed E-state index contributed by atoms with van der Waals surface area (Å²) >= 11 is 0. The Labute approximate surface area is 94.5 Å². The SMILES string of the molecule is CCCNC(C)C(C)OC(C)COCC. The summed E-state index contributed by atoms with van der Waals surface area (Å²) in [6.45, 7) is 13.0. The highest BCUT2D eigenvalue weighted by molar-refractivity contribution is 4.69. The van der Waals surface area contributed by atoms with E-state index in [1.165, 1.54) is 0 Å². The van der Waals surface area contributed by atoms with Crippen LogP contribution in [0.25, 0.3) is 0 Å². The van der Waals surface area contributed by atoms with Gasteiger partial charge < -0.3 is 14.8 Å². The van der Waals surface area contributed by atoms with Crippen LogP contribution in [0.5, 0.6) is 0 Å². The molecule has 0 amide bonds. The van der Waals surface area contributed by atoms with Gasteiger partial charge in [0.2, 0.25) is 0 Å². The topological polar surface area (TPSA) is 30.5 Å². The summed E-state index contributed by atoms with van der Waals surface area (Å²) in [5.74, 6) is 0. The standard InChI is InChI=1S/C12H27NO2/c1-6-8-13-11(4)12(5)15-10(3)9-14-7-2/h10-13H,6-9H2,1-5H3. The van der Waals surface area contributed by atoms with Gasteiger partial charge in [0.1, 0.15) is 0 Å². The molecule has 0 rings (SSSR count). The Bertz CT molecular complexity index is 142. The molecule has 0 aliphatic rings. The molecule has 3 nitrogen and oxygen atoms in total. The van der Waals surface area contributed by atoms with Crippen LogP contribution in [-0.2, 0) is 9.47 Å². The molecule has 3 unspecified atom stereocenters. The van der Waals surface area contributed by atoms with Gasteiger partial charge in [-0.15, -0.1) is 0 Å². The molecule has 0 heterocycles. The number of rotatable bonds is 9. The molecule has 0 aromatic rings. The molecule has 1 N–H and O–H groups in total. The Hall–Kier alpha value is -0.120. The summed E-state index contributed by atoms with van der Waals surface area (Å²) in [5, 5.41) is 3.43. The molecule has 0 aromatic carbocycles. The first-order valence-corrected chi connectivity index (χ1v) is 6.08. The predicted molar refractivity (Wildman–Crippen MR) is 64.3 cm³/mol. The lowest BCUT2D eigenvalue weighted by Crippen LogP contribution is -2.39. The van der Waals surface area contributed by atoms with Crippen LogP contribution in [0.4, 0.5) is 0 Å². The fraction of sp³-hybridized carbons (Fsp3) is 1.00. The predicted octanol–water partition coefficient (Wildman–Crippen LogP) is 2.20. The summed E-state index contributed by atoms with van der Waals surface area (Å²) in [4.78, 5) is 0. The smallest absolute Gasteiger partial charge is 0.0784 e. The van der Waals surface area contributed by atoms with Crippen molar-refractivity contribution in [2.24, 2.45) is 0 Å². The van der Waals surface area contributed by atoms with Crippen LogP contribution in [0.15, 0.2) is 0 Å². The molecule has 0 spiro atoms. The van der Waals surface area contributed by atoms with Crippen molar-refractivity contribution < 1.29 is 9.47 Å². The van der Waals surface area contributed by atoms with Gasteiger partial charge in [0.05, 0.1) is 18.8 Å². The molecule has 0 aliphatic carbocycles. The maximum atomic E-state index is 5.82. The van der Waals surface area contributed by atoms with Crippen molar-refractivity contribution in [3.63, 3.8) is 0 Å². The van der Waals surface area contributed by atoms with Gasteiger partial charge in [-0.3, -0.25) is 0 Å². The van der Waals surface area contributed by atoms with Crippen LogP contribution in [0.3, 0.4) is 0 Å². The molecule has 0 radical (unpaired) electrons. The van der Waals surface area contributed by atoms with Gasteiger partial charge in [-0.1, -0.05) is 6.92 Å². The van der Waals surface area contributed by atoms with Crippen molar-refractivity contribution in [1.29, 1.82) is 0 Å². The van der Waals surface area contributed by atoms with Crippen molar-refractivity contribution in [2.45, 2.75) is 59.3 Å². The molecule has 0 saturated carbocycles. The molecule has 0 fully saturated rings. The van der Waals surface area contributed by atoms with Gasteiger partial charge in [-0.25, -0.2) is 0 Å². The molecule has 15 heavy (non-hydrogen) atoms. The third kappa shape index (κ3) is 7.77. The highest BCUT2D eigenvalue weighted by Crippen LogP contribution is 2.03. The van der Waals surface area contributed by atoms with Crippen molar-refractivity contribution in [3.8, 4) is 0 Å². The second-order valence-electron chi connectivity index (χ2n) is 4.05. The molecule has 0 bridgehead atoms. The Morgan fingerprint density at radius 2 is 1.80 bits per heavy atom. The minimum atomic E-state index is 0.172. The normalized spacial score (nSPS) is 17.4. The molecular weight excluding hydrogens is 190 g/mol. The second-order valence-corrected chi connectivity index (χ2v) is 4.05. The number of hydrogen-bond donors (Lipinski definition) is 1. The van der Waals surface area contributed by atoms with Gasteiger partial charge in [0, 0.05) is 12.6 Å². The van der Waals surface area contributed by atoms with E-state index in [1.807, 2.05) is 6.92 Å². The first kappa shape index (κ1) is 14.9. The molecular formula is C12H27NO2. The lowest BCUT2D eigenvalue weighted by atomic mass is 10.2. The third-order valence-corrected chi connectivity index (χ3v) is 2.42. The Balaban J connectivity index is 3.64. The average molecular weight is 217 g/mol. The summed E-state index contributed by atoms with van der Waals surface area (Å²) < 4.78 is 11.1. The Kier molecular flexibility index (Phi) is 9.06. The fourth-order valence-corrected chi connectivity index (χ4v) is 1.35. The molecule has 3 heteroatoms. The van der Waals surface area contributed by atoms with E-state index in [2.05, 4.69) is 33.0 Å². The summed E-state index contributed by atoms with van der Waals surface area (Å²) in [6.07, 6.45) is 1.56. The van der Waals surface area contributed by atoms with Crippen LogP contribution >= 0.6 is 0 Å². The molecule has 0 saturated heterocycles. The largest absolute Gasteiger partial charge is 0.379 e. The maximum Gasteiger partial charge on any atom is 0.0784 e. The summed E-state index contributed by atoms with van der Waals surface area (Å²) in [5.41, 5.74) is 0. The van der Waals surface area contributed by atoms with E-state index in [0.29, 0.717) is 12.6 Å². The van der Waals surface area contributed by atoms with E-state index in [9.17, 15) is 0 Å². The summed E-state index contributed by atoms with van der Waals surface area (Å²) in [7, 11) is 0. The maximum absolute atomic E-state index is 5.82. The Morgan fingerprint density at radius 1 is 1.13 bits per heavy atom.